The maximum absolute atomic E-state index is 11.7. The van der Waals surface area contributed by atoms with Gasteiger partial charge in [0.1, 0.15) is 6.54 Å². The molecule has 0 atom stereocenters. The first-order chi connectivity index (χ1) is 8.97. The quantitative estimate of drug-likeness (QED) is 0.799. The van der Waals surface area contributed by atoms with Gasteiger partial charge in [-0.3, -0.25) is 14.6 Å². The minimum Gasteiger partial charge on any atom is -0.478 e. The molecule has 2 heterocycles. The van der Waals surface area contributed by atoms with E-state index in [9.17, 15) is 14.4 Å². The zero-order chi connectivity index (χ0) is 14.0. The average Bonchev–Trinajstić information content (AvgIpc) is 2.36. The van der Waals surface area contributed by atoms with Crippen LogP contribution in [0.1, 0.15) is 16.1 Å². The summed E-state index contributed by atoms with van der Waals surface area (Å²) in [6, 6.07) is 2.96. The van der Waals surface area contributed by atoms with Gasteiger partial charge in [0.25, 0.3) is 0 Å². The minimum atomic E-state index is -1.05. The van der Waals surface area contributed by atoms with E-state index in [1.54, 1.807) is 13.1 Å². The molecular weight excluding hydrogens is 250 g/mol. The normalized spacial score (nSPS) is 15.8. The van der Waals surface area contributed by atoms with Crippen LogP contribution in [0.4, 0.5) is 0 Å². The summed E-state index contributed by atoms with van der Waals surface area (Å²) in [7, 11) is 1.58. The van der Waals surface area contributed by atoms with Crippen molar-refractivity contribution in [3.8, 4) is 0 Å². The van der Waals surface area contributed by atoms with E-state index in [0.29, 0.717) is 5.69 Å². The molecule has 1 aliphatic rings. The first kappa shape index (κ1) is 13.0. The molecule has 0 aliphatic carbocycles. The lowest BCUT2D eigenvalue weighted by atomic mass is 10.2. The standard InChI is InChI=1S/C12H13N3O4/c1-14-6-11(17)15(7-10(14)16)5-9-3-2-8(4-13-9)12(18)19/h2-4H,5-7H2,1H3,(H,18,19). The lowest BCUT2D eigenvalue weighted by Crippen LogP contribution is -2.51. The molecule has 0 saturated carbocycles. The summed E-state index contributed by atoms with van der Waals surface area (Å²) in [6.45, 7) is 0.294. The van der Waals surface area contributed by atoms with Crippen molar-refractivity contribution >= 4 is 17.8 Å². The van der Waals surface area contributed by atoms with Crippen LogP contribution in [0.25, 0.3) is 0 Å². The minimum absolute atomic E-state index is 0.0255. The van der Waals surface area contributed by atoms with Crippen molar-refractivity contribution < 1.29 is 19.5 Å². The first-order valence-corrected chi connectivity index (χ1v) is 5.67. The summed E-state index contributed by atoms with van der Waals surface area (Å²) in [4.78, 5) is 40.7. The number of hydrogen-bond acceptors (Lipinski definition) is 4. The Morgan fingerprint density at radius 1 is 1.32 bits per heavy atom. The predicted molar refractivity (Wildman–Crippen MR) is 64.3 cm³/mol. The van der Waals surface area contributed by atoms with Crippen LogP contribution in [-0.2, 0) is 16.1 Å². The van der Waals surface area contributed by atoms with E-state index in [2.05, 4.69) is 4.98 Å². The molecule has 1 saturated heterocycles. The van der Waals surface area contributed by atoms with Crippen LogP contribution in [0.15, 0.2) is 18.3 Å². The van der Waals surface area contributed by atoms with E-state index in [0.717, 1.165) is 0 Å². The molecule has 1 aromatic heterocycles. The second kappa shape index (κ2) is 5.05. The summed E-state index contributed by atoms with van der Waals surface area (Å²) in [6.07, 6.45) is 1.24. The van der Waals surface area contributed by atoms with Crippen molar-refractivity contribution in [2.45, 2.75) is 6.54 Å². The van der Waals surface area contributed by atoms with E-state index < -0.39 is 5.97 Å². The number of carboxylic acids is 1. The third-order valence-electron chi connectivity index (χ3n) is 2.90. The Bertz CT molecular complexity index is 526. The third kappa shape index (κ3) is 2.87. The lowest BCUT2D eigenvalue weighted by Gasteiger charge is -2.31. The lowest BCUT2D eigenvalue weighted by molar-refractivity contribution is -0.149. The molecule has 1 fully saturated rings. The Balaban J connectivity index is 2.06. The van der Waals surface area contributed by atoms with Crippen LogP contribution in [0.2, 0.25) is 0 Å². The number of hydrogen-bond donors (Lipinski definition) is 1. The highest BCUT2D eigenvalue weighted by atomic mass is 16.4. The fourth-order valence-corrected chi connectivity index (χ4v) is 1.75. The van der Waals surface area contributed by atoms with Gasteiger partial charge in [0.05, 0.1) is 24.3 Å². The number of carbonyl (C=O) groups is 3. The van der Waals surface area contributed by atoms with Gasteiger partial charge in [0, 0.05) is 13.2 Å². The second-order valence-electron chi connectivity index (χ2n) is 4.34. The van der Waals surface area contributed by atoms with E-state index in [1.165, 1.54) is 22.1 Å². The summed E-state index contributed by atoms with van der Waals surface area (Å²) in [5, 5.41) is 8.75. The van der Waals surface area contributed by atoms with E-state index in [-0.39, 0.29) is 37.0 Å². The molecule has 1 aromatic rings. The molecule has 0 aromatic carbocycles. The number of piperazine rings is 1. The van der Waals surface area contributed by atoms with Gasteiger partial charge in [-0.05, 0) is 12.1 Å². The molecular formula is C12H13N3O4. The highest BCUT2D eigenvalue weighted by Crippen LogP contribution is 2.08. The number of rotatable bonds is 3. The second-order valence-corrected chi connectivity index (χ2v) is 4.34. The number of aromatic carboxylic acids is 1. The van der Waals surface area contributed by atoms with E-state index in [1.807, 2.05) is 0 Å². The number of pyridine rings is 1. The maximum atomic E-state index is 11.7. The molecule has 2 amide bonds. The van der Waals surface area contributed by atoms with Crippen molar-refractivity contribution in [1.29, 1.82) is 0 Å². The van der Waals surface area contributed by atoms with Gasteiger partial charge in [0.2, 0.25) is 11.8 Å². The number of carboxylic acid groups (broad SMARTS) is 1. The van der Waals surface area contributed by atoms with Crippen molar-refractivity contribution in [1.82, 2.24) is 14.8 Å². The average molecular weight is 263 g/mol. The van der Waals surface area contributed by atoms with Gasteiger partial charge in [-0.25, -0.2) is 4.79 Å². The summed E-state index contributed by atoms with van der Waals surface area (Å²) in [5.74, 6) is -1.32. The van der Waals surface area contributed by atoms with Crippen molar-refractivity contribution in [2.24, 2.45) is 0 Å². The number of likely N-dealkylation sites (N-methyl/N-ethyl adjacent to an activating group) is 1. The molecule has 0 unspecified atom stereocenters. The summed E-state index contributed by atoms with van der Waals surface area (Å²) in [5.41, 5.74) is 0.639. The Hall–Kier alpha value is -2.44. The van der Waals surface area contributed by atoms with Crippen LogP contribution < -0.4 is 0 Å². The van der Waals surface area contributed by atoms with Crippen LogP contribution in [-0.4, -0.2) is 57.8 Å². The molecule has 1 N–H and O–H groups in total. The highest BCUT2D eigenvalue weighted by molar-refractivity contribution is 5.92. The smallest absolute Gasteiger partial charge is 0.337 e. The largest absolute Gasteiger partial charge is 0.478 e. The fraction of sp³-hybridized carbons (Fsp3) is 0.333. The Kier molecular flexibility index (Phi) is 3.46. The molecule has 7 nitrogen and oxygen atoms in total. The van der Waals surface area contributed by atoms with Crippen molar-refractivity contribution in [2.75, 3.05) is 20.1 Å². The first-order valence-electron chi connectivity index (χ1n) is 5.67. The number of nitrogens with zero attached hydrogens (tertiary/aromatic N) is 3. The molecule has 0 radical (unpaired) electrons. The fourth-order valence-electron chi connectivity index (χ4n) is 1.75. The zero-order valence-electron chi connectivity index (χ0n) is 10.4. The highest BCUT2D eigenvalue weighted by Gasteiger charge is 2.27. The Morgan fingerprint density at radius 3 is 2.63 bits per heavy atom. The van der Waals surface area contributed by atoms with Crippen LogP contribution >= 0.6 is 0 Å². The van der Waals surface area contributed by atoms with Crippen LogP contribution in [0.5, 0.6) is 0 Å². The summed E-state index contributed by atoms with van der Waals surface area (Å²) < 4.78 is 0. The van der Waals surface area contributed by atoms with Gasteiger partial charge >= 0.3 is 5.97 Å². The summed E-state index contributed by atoms with van der Waals surface area (Å²) >= 11 is 0. The third-order valence-corrected chi connectivity index (χ3v) is 2.90. The van der Waals surface area contributed by atoms with Gasteiger partial charge < -0.3 is 14.9 Å². The van der Waals surface area contributed by atoms with Crippen LogP contribution in [0.3, 0.4) is 0 Å². The SMILES string of the molecule is CN1CC(=O)N(Cc2ccc(C(=O)O)cn2)CC1=O. The molecule has 2 rings (SSSR count). The van der Waals surface area contributed by atoms with E-state index in [4.69, 9.17) is 5.11 Å². The predicted octanol–water partition coefficient (Wildman–Crippen LogP) is -0.420. The molecule has 100 valence electrons. The van der Waals surface area contributed by atoms with Gasteiger partial charge in [-0.2, -0.15) is 0 Å². The van der Waals surface area contributed by atoms with Gasteiger partial charge in [-0.1, -0.05) is 0 Å². The Labute approximate surface area is 109 Å². The van der Waals surface area contributed by atoms with Gasteiger partial charge in [0.15, 0.2) is 0 Å². The van der Waals surface area contributed by atoms with E-state index >= 15 is 0 Å². The number of amides is 2. The van der Waals surface area contributed by atoms with Crippen LogP contribution in [0, 0.1) is 0 Å². The Morgan fingerprint density at radius 2 is 2.05 bits per heavy atom. The maximum Gasteiger partial charge on any atom is 0.337 e. The zero-order valence-corrected chi connectivity index (χ0v) is 10.4. The molecule has 1 aliphatic heterocycles. The number of carbonyl (C=O) groups excluding carboxylic acids is 2. The van der Waals surface area contributed by atoms with Crippen molar-refractivity contribution in [3.05, 3.63) is 29.6 Å². The monoisotopic (exact) mass is 263 g/mol. The molecule has 7 heteroatoms. The van der Waals surface area contributed by atoms with Crippen molar-refractivity contribution in [3.63, 3.8) is 0 Å². The topological polar surface area (TPSA) is 90.8 Å². The van der Waals surface area contributed by atoms with Gasteiger partial charge in [-0.15, -0.1) is 0 Å². The molecule has 0 spiro atoms. The number of aromatic nitrogens is 1. The molecule has 0 bridgehead atoms. The molecule has 19 heavy (non-hydrogen) atoms.